The second-order valence-electron chi connectivity index (χ2n) is 4.66. The summed E-state index contributed by atoms with van der Waals surface area (Å²) in [6, 6.07) is 0. The predicted octanol–water partition coefficient (Wildman–Crippen LogP) is 2.68. The Labute approximate surface area is 98.6 Å². The molecule has 0 spiro atoms. The van der Waals surface area contributed by atoms with Crippen LogP contribution in [0.3, 0.4) is 0 Å². The van der Waals surface area contributed by atoms with Gasteiger partial charge in [0.1, 0.15) is 6.33 Å². The Kier molecular flexibility index (Phi) is 2.51. The first-order chi connectivity index (χ1) is 7.34. The molecule has 3 heteroatoms. The summed E-state index contributed by atoms with van der Waals surface area (Å²) in [7, 11) is 0. The lowest BCUT2D eigenvalue weighted by molar-refractivity contribution is 0.736. The molecule has 1 heterocycles. The van der Waals surface area contributed by atoms with Crippen LogP contribution in [0.1, 0.15) is 36.2 Å². The summed E-state index contributed by atoms with van der Waals surface area (Å²) >= 11 is 3.79. The Bertz CT molecular complexity index is 374. The highest BCUT2D eigenvalue weighted by Crippen LogP contribution is 2.38. The minimum absolute atomic E-state index is 0.636. The fourth-order valence-electron chi connectivity index (χ4n) is 2.41. The van der Waals surface area contributed by atoms with E-state index in [0.29, 0.717) is 4.83 Å². The van der Waals surface area contributed by atoms with Crippen molar-refractivity contribution in [1.82, 2.24) is 9.97 Å². The zero-order chi connectivity index (χ0) is 10.3. The standard InChI is InChI=1S/C12H15BrN2/c13-10(8-4-5-8)6-12-9-2-1-3-11(9)14-7-15-12/h7-8,10H,1-6H2. The maximum atomic E-state index is 4.46. The van der Waals surface area contributed by atoms with Gasteiger partial charge in [-0.3, -0.25) is 0 Å². The zero-order valence-corrected chi connectivity index (χ0v) is 10.3. The first-order valence-electron chi connectivity index (χ1n) is 5.80. The molecule has 0 N–H and O–H groups in total. The van der Waals surface area contributed by atoms with Gasteiger partial charge in [-0.2, -0.15) is 0 Å². The van der Waals surface area contributed by atoms with E-state index in [1.54, 1.807) is 6.33 Å². The third kappa shape index (κ3) is 1.94. The summed E-state index contributed by atoms with van der Waals surface area (Å²) in [6.07, 6.45) is 9.22. The summed E-state index contributed by atoms with van der Waals surface area (Å²) in [6.45, 7) is 0. The maximum absolute atomic E-state index is 4.46. The van der Waals surface area contributed by atoms with Gasteiger partial charge in [-0.1, -0.05) is 15.9 Å². The molecule has 2 aliphatic rings. The van der Waals surface area contributed by atoms with Gasteiger partial charge in [-0.05, 0) is 43.6 Å². The average Bonchev–Trinajstić information content (AvgIpc) is 2.97. The van der Waals surface area contributed by atoms with Gasteiger partial charge in [-0.15, -0.1) is 0 Å². The number of fused-ring (bicyclic) bond motifs is 1. The topological polar surface area (TPSA) is 25.8 Å². The summed E-state index contributed by atoms with van der Waals surface area (Å²) < 4.78 is 0. The van der Waals surface area contributed by atoms with Gasteiger partial charge in [0, 0.05) is 22.6 Å². The molecule has 0 aliphatic heterocycles. The molecular formula is C12H15BrN2. The lowest BCUT2D eigenvalue weighted by Crippen LogP contribution is -2.09. The maximum Gasteiger partial charge on any atom is 0.115 e. The molecule has 1 fully saturated rings. The molecule has 0 saturated heterocycles. The number of alkyl halides is 1. The van der Waals surface area contributed by atoms with Crippen LogP contribution in [0.25, 0.3) is 0 Å². The monoisotopic (exact) mass is 266 g/mol. The van der Waals surface area contributed by atoms with Gasteiger partial charge in [0.2, 0.25) is 0 Å². The quantitative estimate of drug-likeness (QED) is 0.787. The molecule has 1 atom stereocenters. The van der Waals surface area contributed by atoms with Gasteiger partial charge in [0.25, 0.3) is 0 Å². The third-order valence-corrected chi connectivity index (χ3v) is 4.56. The average molecular weight is 267 g/mol. The summed E-state index contributed by atoms with van der Waals surface area (Å²) in [5, 5.41) is 0. The highest BCUT2D eigenvalue weighted by atomic mass is 79.9. The van der Waals surface area contributed by atoms with Crippen LogP contribution in [-0.2, 0) is 19.3 Å². The van der Waals surface area contributed by atoms with E-state index >= 15 is 0 Å². The fourth-order valence-corrected chi connectivity index (χ4v) is 3.25. The van der Waals surface area contributed by atoms with E-state index in [0.717, 1.165) is 18.8 Å². The van der Waals surface area contributed by atoms with Gasteiger partial charge < -0.3 is 0 Å². The highest BCUT2D eigenvalue weighted by molar-refractivity contribution is 9.09. The summed E-state index contributed by atoms with van der Waals surface area (Å²) in [5.74, 6) is 0.900. The lowest BCUT2D eigenvalue weighted by Gasteiger charge is -2.10. The van der Waals surface area contributed by atoms with Crippen molar-refractivity contribution in [2.75, 3.05) is 0 Å². The Morgan fingerprint density at radius 1 is 1.33 bits per heavy atom. The van der Waals surface area contributed by atoms with Gasteiger partial charge in [0.15, 0.2) is 0 Å². The van der Waals surface area contributed by atoms with Crippen LogP contribution in [0.2, 0.25) is 0 Å². The molecule has 1 unspecified atom stereocenters. The number of nitrogens with zero attached hydrogens (tertiary/aromatic N) is 2. The number of halogens is 1. The van der Waals surface area contributed by atoms with Crippen molar-refractivity contribution in [2.45, 2.75) is 43.4 Å². The summed E-state index contributed by atoms with van der Waals surface area (Å²) in [5.41, 5.74) is 4.05. The van der Waals surface area contributed by atoms with Gasteiger partial charge >= 0.3 is 0 Å². The highest BCUT2D eigenvalue weighted by Gasteiger charge is 2.30. The van der Waals surface area contributed by atoms with E-state index in [1.165, 1.54) is 42.6 Å². The molecule has 0 bridgehead atoms. The van der Waals surface area contributed by atoms with E-state index in [4.69, 9.17) is 0 Å². The Morgan fingerprint density at radius 3 is 3.00 bits per heavy atom. The van der Waals surface area contributed by atoms with Crippen molar-refractivity contribution in [3.63, 3.8) is 0 Å². The van der Waals surface area contributed by atoms with Gasteiger partial charge in [0.05, 0.1) is 0 Å². The predicted molar refractivity (Wildman–Crippen MR) is 63.2 cm³/mol. The number of rotatable bonds is 3. The molecule has 1 saturated carbocycles. The normalized spacial score (nSPS) is 21.4. The molecule has 15 heavy (non-hydrogen) atoms. The van der Waals surface area contributed by atoms with Crippen LogP contribution in [0, 0.1) is 5.92 Å². The van der Waals surface area contributed by atoms with Crippen molar-refractivity contribution < 1.29 is 0 Å². The molecule has 3 rings (SSSR count). The largest absolute Gasteiger partial charge is 0.241 e. The number of hydrogen-bond acceptors (Lipinski definition) is 2. The SMILES string of the molecule is BrC(Cc1ncnc2c1CCC2)C1CC1. The molecule has 1 aromatic heterocycles. The smallest absolute Gasteiger partial charge is 0.115 e. The molecule has 0 amide bonds. The Hall–Kier alpha value is -0.440. The Balaban J connectivity index is 1.82. The van der Waals surface area contributed by atoms with Crippen molar-refractivity contribution in [3.05, 3.63) is 23.3 Å². The molecular weight excluding hydrogens is 252 g/mol. The minimum atomic E-state index is 0.636. The second-order valence-corrected chi connectivity index (χ2v) is 5.83. The third-order valence-electron chi connectivity index (χ3n) is 3.49. The molecule has 0 radical (unpaired) electrons. The van der Waals surface area contributed by atoms with Crippen molar-refractivity contribution >= 4 is 15.9 Å². The first-order valence-corrected chi connectivity index (χ1v) is 6.72. The number of aromatic nitrogens is 2. The molecule has 80 valence electrons. The lowest BCUT2D eigenvalue weighted by atomic mass is 10.1. The Morgan fingerprint density at radius 2 is 2.20 bits per heavy atom. The van der Waals surface area contributed by atoms with Crippen LogP contribution in [-0.4, -0.2) is 14.8 Å². The van der Waals surface area contributed by atoms with Crippen LogP contribution < -0.4 is 0 Å². The molecule has 2 aliphatic carbocycles. The molecule has 1 aromatic rings. The van der Waals surface area contributed by atoms with Gasteiger partial charge in [-0.25, -0.2) is 9.97 Å². The van der Waals surface area contributed by atoms with Crippen LogP contribution >= 0.6 is 15.9 Å². The van der Waals surface area contributed by atoms with Crippen molar-refractivity contribution in [1.29, 1.82) is 0 Å². The van der Waals surface area contributed by atoms with Crippen molar-refractivity contribution in [2.24, 2.45) is 5.92 Å². The molecule has 2 nitrogen and oxygen atoms in total. The molecule has 0 aromatic carbocycles. The van der Waals surface area contributed by atoms with E-state index in [-0.39, 0.29) is 0 Å². The number of aryl methyl sites for hydroxylation is 1. The van der Waals surface area contributed by atoms with E-state index in [1.807, 2.05) is 0 Å². The van der Waals surface area contributed by atoms with E-state index < -0.39 is 0 Å². The van der Waals surface area contributed by atoms with Crippen LogP contribution in [0.5, 0.6) is 0 Å². The minimum Gasteiger partial charge on any atom is -0.241 e. The zero-order valence-electron chi connectivity index (χ0n) is 8.75. The van der Waals surface area contributed by atoms with Crippen molar-refractivity contribution in [3.8, 4) is 0 Å². The van der Waals surface area contributed by atoms with Crippen LogP contribution in [0.4, 0.5) is 0 Å². The van der Waals surface area contributed by atoms with E-state index in [9.17, 15) is 0 Å². The first kappa shape index (κ1) is 9.76. The van der Waals surface area contributed by atoms with E-state index in [2.05, 4.69) is 25.9 Å². The second kappa shape index (κ2) is 3.85. The van der Waals surface area contributed by atoms with Crippen LogP contribution in [0.15, 0.2) is 6.33 Å². The number of hydrogen-bond donors (Lipinski definition) is 0. The summed E-state index contributed by atoms with van der Waals surface area (Å²) in [4.78, 5) is 9.46. The fraction of sp³-hybridized carbons (Fsp3) is 0.667.